The normalized spacial score (nSPS) is 11.8. The summed E-state index contributed by atoms with van der Waals surface area (Å²) in [4.78, 5) is 4.50. The van der Waals surface area contributed by atoms with Gasteiger partial charge in [0, 0.05) is 10.9 Å². The van der Waals surface area contributed by atoms with Crippen LogP contribution in [0.5, 0.6) is 0 Å². The average Bonchev–Trinajstić information content (AvgIpc) is 2.63. The van der Waals surface area contributed by atoms with Crippen molar-refractivity contribution in [2.45, 2.75) is 33.1 Å². The van der Waals surface area contributed by atoms with Crippen molar-refractivity contribution in [2.24, 2.45) is 0 Å². The van der Waals surface area contributed by atoms with Crippen LogP contribution in [0.15, 0.2) is 27.5 Å². The molecule has 2 rings (SSSR count). The highest BCUT2D eigenvalue weighted by Gasteiger charge is 2.16. The van der Waals surface area contributed by atoms with Crippen molar-refractivity contribution in [1.29, 1.82) is 0 Å². The minimum atomic E-state index is 0.176. The van der Waals surface area contributed by atoms with Gasteiger partial charge in [0.05, 0.1) is 5.69 Å². The Labute approximate surface area is 115 Å². The Balaban J connectivity index is 2.54. The molecule has 0 bridgehead atoms. The summed E-state index contributed by atoms with van der Waals surface area (Å²) < 4.78 is 0.938. The van der Waals surface area contributed by atoms with Crippen LogP contribution in [0.1, 0.15) is 31.9 Å². The van der Waals surface area contributed by atoms with Gasteiger partial charge in [-0.15, -0.1) is 11.3 Å². The average molecular weight is 310 g/mol. The predicted molar refractivity (Wildman–Crippen MR) is 78.7 cm³/mol. The summed E-state index contributed by atoms with van der Waals surface area (Å²) >= 11 is 5.05. The van der Waals surface area contributed by atoms with Gasteiger partial charge in [-0.1, -0.05) is 32.9 Å². The second kappa shape index (κ2) is 4.54. The van der Waals surface area contributed by atoms with Gasteiger partial charge in [0.2, 0.25) is 0 Å². The second-order valence-electron chi connectivity index (χ2n) is 5.27. The van der Waals surface area contributed by atoms with Crippen LogP contribution in [0.25, 0.3) is 11.3 Å². The molecule has 0 aliphatic heterocycles. The Morgan fingerprint density at radius 2 is 1.94 bits per heavy atom. The van der Waals surface area contributed by atoms with Crippen LogP contribution >= 0.6 is 27.3 Å². The molecule has 0 unspecified atom stereocenters. The van der Waals surface area contributed by atoms with Crippen molar-refractivity contribution >= 4 is 27.3 Å². The van der Waals surface area contributed by atoms with Crippen molar-refractivity contribution in [1.82, 2.24) is 4.98 Å². The van der Waals surface area contributed by atoms with Gasteiger partial charge in [-0.2, -0.15) is 0 Å². The SMILES string of the molecule is Cc1ccc(C(C)(C)C)cc1-c1csc(Br)n1. The molecular formula is C14H16BrNS. The predicted octanol–water partition coefficient (Wildman–Crippen LogP) is 5.18. The van der Waals surface area contributed by atoms with E-state index in [9.17, 15) is 0 Å². The second-order valence-corrected chi connectivity index (χ2v) is 7.40. The number of rotatable bonds is 1. The zero-order chi connectivity index (χ0) is 12.6. The van der Waals surface area contributed by atoms with Gasteiger partial charge in [-0.05, 0) is 45.5 Å². The lowest BCUT2D eigenvalue weighted by atomic mass is 9.85. The van der Waals surface area contributed by atoms with Crippen LogP contribution in [0, 0.1) is 6.92 Å². The third-order valence-electron chi connectivity index (χ3n) is 2.86. The Morgan fingerprint density at radius 3 is 2.47 bits per heavy atom. The summed E-state index contributed by atoms with van der Waals surface area (Å²) in [6.07, 6.45) is 0. The molecule has 1 heterocycles. The monoisotopic (exact) mass is 309 g/mol. The Morgan fingerprint density at radius 1 is 1.24 bits per heavy atom. The van der Waals surface area contributed by atoms with E-state index < -0.39 is 0 Å². The first-order valence-corrected chi connectivity index (χ1v) is 7.28. The Bertz CT molecular complexity index is 537. The lowest BCUT2D eigenvalue weighted by Gasteiger charge is -2.20. The molecule has 90 valence electrons. The molecule has 0 fully saturated rings. The summed E-state index contributed by atoms with van der Waals surface area (Å²) in [7, 11) is 0. The van der Waals surface area contributed by atoms with Gasteiger partial charge >= 0.3 is 0 Å². The van der Waals surface area contributed by atoms with Gasteiger partial charge in [-0.3, -0.25) is 0 Å². The van der Waals surface area contributed by atoms with E-state index in [0.29, 0.717) is 0 Å². The Hall–Kier alpha value is -0.670. The van der Waals surface area contributed by atoms with Crippen LogP contribution in [-0.2, 0) is 5.41 Å². The number of hydrogen-bond acceptors (Lipinski definition) is 2. The van der Waals surface area contributed by atoms with E-state index in [4.69, 9.17) is 0 Å². The lowest BCUT2D eigenvalue weighted by Crippen LogP contribution is -2.11. The first-order chi connectivity index (χ1) is 7.88. The quantitative estimate of drug-likeness (QED) is 0.707. The van der Waals surface area contributed by atoms with Crippen LogP contribution in [0.4, 0.5) is 0 Å². The van der Waals surface area contributed by atoms with Gasteiger partial charge in [0.1, 0.15) is 0 Å². The summed E-state index contributed by atoms with van der Waals surface area (Å²) in [6.45, 7) is 8.84. The highest BCUT2D eigenvalue weighted by atomic mass is 79.9. The molecule has 3 heteroatoms. The molecule has 0 saturated carbocycles. The maximum atomic E-state index is 4.50. The van der Waals surface area contributed by atoms with E-state index in [2.05, 4.69) is 72.2 Å². The molecule has 0 radical (unpaired) electrons. The smallest absolute Gasteiger partial charge is 0.159 e. The number of aromatic nitrogens is 1. The molecule has 0 aliphatic carbocycles. The molecule has 17 heavy (non-hydrogen) atoms. The van der Waals surface area contributed by atoms with E-state index in [-0.39, 0.29) is 5.41 Å². The highest BCUT2D eigenvalue weighted by molar-refractivity contribution is 9.11. The topological polar surface area (TPSA) is 12.9 Å². The fourth-order valence-electron chi connectivity index (χ4n) is 1.74. The van der Waals surface area contributed by atoms with E-state index in [1.165, 1.54) is 16.7 Å². The molecular weight excluding hydrogens is 294 g/mol. The lowest BCUT2D eigenvalue weighted by molar-refractivity contribution is 0.590. The Kier molecular flexibility index (Phi) is 3.41. The van der Waals surface area contributed by atoms with Crippen molar-refractivity contribution in [3.63, 3.8) is 0 Å². The standard InChI is InChI=1S/C14H16BrNS/c1-9-5-6-10(14(2,3)4)7-11(9)12-8-17-13(15)16-12/h5-8H,1-4H3. The number of nitrogens with zero attached hydrogens (tertiary/aromatic N) is 1. The number of benzene rings is 1. The van der Waals surface area contributed by atoms with Crippen molar-refractivity contribution in [3.8, 4) is 11.3 Å². The van der Waals surface area contributed by atoms with Crippen molar-refractivity contribution in [3.05, 3.63) is 38.6 Å². The first kappa shape index (κ1) is 12.8. The zero-order valence-electron chi connectivity index (χ0n) is 10.5. The van der Waals surface area contributed by atoms with E-state index in [1.54, 1.807) is 11.3 Å². The van der Waals surface area contributed by atoms with E-state index >= 15 is 0 Å². The van der Waals surface area contributed by atoms with Gasteiger partial charge in [0.15, 0.2) is 3.92 Å². The molecule has 1 nitrogen and oxygen atoms in total. The fourth-order valence-corrected chi connectivity index (χ4v) is 2.75. The molecule has 0 N–H and O–H groups in total. The van der Waals surface area contributed by atoms with Crippen molar-refractivity contribution in [2.75, 3.05) is 0 Å². The first-order valence-electron chi connectivity index (χ1n) is 5.60. The zero-order valence-corrected chi connectivity index (χ0v) is 12.9. The van der Waals surface area contributed by atoms with Gasteiger partial charge in [-0.25, -0.2) is 4.98 Å². The molecule has 0 aliphatic rings. The van der Waals surface area contributed by atoms with Crippen molar-refractivity contribution < 1.29 is 0 Å². The molecule has 1 aromatic heterocycles. The third kappa shape index (κ3) is 2.78. The largest absolute Gasteiger partial charge is 0.229 e. The number of halogens is 1. The van der Waals surface area contributed by atoms with Crippen LogP contribution in [-0.4, -0.2) is 4.98 Å². The summed E-state index contributed by atoms with van der Waals surface area (Å²) in [5.74, 6) is 0. The van der Waals surface area contributed by atoms with Crippen LogP contribution < -0.4 is 0 Å². The minimum absolute atomic E-state index is 0.176. The maximum Gasteiger partial charge on any atom is 0.159 e. The molecule has 1 aromatic carbocycles. The minimum Gasteiger partial charge on any atom is -0.229 e. The molecule has 2 aromatic rings. The maximum absolute atomic E-state index is 4.50. The van der Waals surface area contributed by atoms with Crippen LogP contribution in [0.2, 0.25) is 0 Å². The van der Waals surface area contributed by atoms with E-state index in [0.717, 1.165) is 9.61 Å². The molecule has 0 spiro atoms. The number of hydrogen-bond donors (Lipinski definition) is 0. The van der Waals surface area contributed by atoms with Gasteiger partial charge in [0.25, 0.3) is 0 Å². The van der Waals surface area contributed by atoms with Crippen LogP contribution in [0.3, 0.4) is 0 Å². The third-order valence-corrected chi connectivity index (χ3v) is 4.22. The summed E-state index contributed by atoms with van der Waals surface area (Å²) in [5, 5.41) is 2.10. The number of aryl methyl sites for hydroxylation is 1. The highest BCUT2D eigenvalue weighted by Crippen LogP contribution is 2.31. The number of thiazole rings is 1. The molecule has 0 amide bonds. The fraction of sp³-hybridized carbons (Fsp3) is 0.357. The van der Waals surface area contributed by atoms with Gasteiger partial charge < -0.3 is 0 Å². The molecule has 0 atom stereocenters. The summed E-state index contributed by atoms with van der Waals surface area (Å²) in [5.41, 5.74) is 5.10. The van der Waals surface area contributed by atoms with E-state index in [1.807, 2.05) is 0 Å². The molecule has 0 saturated heterocycles. The summed E-state index contributed by atoms with van der Waals surface area (Å²) in [6, 6.07) is 6.65.